The minimum Gasteiger partial charge on any atom is -0.330 e. The summed E-state index contributed by atoms with van der Waals surface area (Å²) in [5, 5.41) is 9.67. The van der Waals surface area contributed by atoms with Gasteiger partial charge in [0.05, 0.1) is 12.2 Å². The lowest BCUT2D eigenvalue weighted by Gasteiger charge is -2.09. The predicted octanol–water partition coefficient (Wildman–Crippen LogP) is 3.95. The van der Waals surface area contributed by atoms with Crippen molar-refractivity contribution in [1.29, 1.82) is 0 Å². The quantitative estimate of drug-likeness (QED) is 0.382. The first kappa shape index (κ1) is 20.0. The summed E-state index contributed by atoms with van der Waals surface area (Å²) < 4.78 is 15.5. The zero-order chi connectivity index (χ0) is 21.8. The molecule has 2 amide bonds. The number of benzene rings is 1. The van der Waals surface area contributed by atoms with Gasteiger partial charge in [0, 0.05) is 23.5 Å². The fourth-order valence-electron chi connectivity index (χ4n) is 3.17. The molecule has 4 aromatic rings. The van der Waals surface area contributed by atoms with E-state index in [1.54, 1.807) is 54.2 Å². The number of urea groups is 1. The number of hydrogen-bond donors (Lipinski definition) is 2. The van der Waals surface area contributed by atoms with Crippen molar-refractivity contribution >= 4 is 17.5 Å². The monoisotopic (exact) mass is 415 g/mol. The molecular formula is C22H18FN7O. The highest BCUT2D eigenvalue weighted by atomic mass is 19.1. The van der Waals surface area contributed by atoms with Gasteiger partial charge in [-0.05, 0) is 55.0 Å². The number of fused-ring (bicyclic) bond motifs is 1. The zero-order valence-electron chi connectivity index (χ0n) is 16.6. The number of hydrogen-bond acceptors (Lipinski definition) is 4. The van der Waals surface area contributed by atoms with Crippen LogP contribution in [0.4, 0.5) is 15.0 Å². The molecule has 8 nitrogen and oxygen atoms in total. The maximum Gasteiger partial charge on any atom is 0.320 e. The lowest BCUT2D eigenvalue weighted by atomic mass is 10.0. The molecule has 0 aliphatic rings. The third-order valence-corrected chi connectivity index (χ3v) is 4.61. The van der Waals surface area contributed by atoms with E-state index in [2.05, 4.69) is 25.6 Å². The van der Waals surface area contributed by atoms with Crippen LogP contribution < -0.4 is 10.6 Å². The summed E-state index contributed by atoms with van der Waals surface area (Å²) >= 11 is 0. The number of pyridine rings is 1. The summed E-state index contributed by atoms with van der Waals surface area (Å²) in [6.45, 7) is 8.92. The average Bonchev–Trinajstić information content (AvgIpc) is 3.15. The molecule has 4 rings (SSSR count). The van der Waals surface area contributed by atoms with Crippen LogP contribution in [0.5, 0.6) is 0 Å². The number of imidazole rings is 1. The fraction of sp³-hybridized carbons (Fsp3) is 0.136. The second-order valence-electron chi connectivity index (χ2n) is 6.76. The number of nitrogens with one attached hydrogen (secondary N) is 2. The van der Waals surface area contributed by atoms with E-state index in [0.29, 0.717) is 28.4 Å². The molecule has 0 spiro atoms. The third-order valence-electron chi connectivity index (χ3n) is 4.61. The first-order valence-electron chi connectivity index (χ1n) is 9.51. The fourth-order valence-corrected chi connectivity index (χ4v) is 3.17. The lowest BCUT2D eigenvalue weighted by Crippen LogP contribution is -2.30. The molecule has 0 saturated heterocycles. The molecule has 3 heterocycles. The van der Waals surface area contributed by atoms with Gasteiger partial charge in [0.25, 0.3) is 0 Å². The Bertz CT molecular complexity index is 1310. The Morgan fingerprint density at radius 3 is 2.87 bits per heavy atom. The first-order valence-corrected chi connectivity index (χ1v) is 9.51. The largest absolute Gasteiger partial charge is 0.330 e. The minimum atomic E-state index is -0.445. The highest BCUT2D eigenvalue weighted by Crippen LogP contribution is 2.33. The van der Waals surface area contributed by atoms with Gasteiger partial charge >= 0.3 is 6.03 Å². The normalized spacial score (nSPS) is 10.6. The topological polar surface area (TPSA) is 88.6 Å². The Balaban J connectivity index is 1.76. The molecule has 31 heavy (non-hydrogen) atoms. The van der Waals surface area contributed by atoms with Gasteiger partial charge in [0.1, 0.15) is 17.3 Å². The number of carbonyl (C=O) groups is 1. The number of rotatable bonds is 5. The van der Waals surface area contributed by atoms with E-state index in [9.17, 15) is 9.18 Å². The van der Waals surface area contributed by atoms with Crippen molar-refractivity contribution in [3.63, 3.8) is 0 Å². The molecule has 9 heteroatoms. The highest BCUT2D eigenvalue weighted by molar-refractivity contribution is 5.89. The smallest absolute Gasteiger partial charge is 0.320 e. The number of amides is 2. The molecule has 154 valence electrons. The standard InChI is InChI=1S/C22H18FN7O/c1-14-12-15(5-6-17(14)23)20-21(30-19(29-20)4-3-8-27-30)16-7-9-25-18(13-16)28-22(31)26-11-10-24-2/h3-9,12-13H,10-11H2,1H3,(H2,25,26,28,31). The van der Waals surface area contributed by atoms with Gasteiger partial charge < -0.3 is 10.2 Å². The summed E-state index contributed by atoms with van der Waals surface area (Å²) in [6.07, 6.45) is 3.23. The maximum atomic E-state index is 13.8. The SMILES string of the molecule is [C-]#[N+]CCNC(=O)Nc1cc(-c2c(-c3ccc(F)c(C)c3)nc3cccnn23)ccn1. The van der Waals surface area contributed by atoms with Gasteiger partial charge in [-0.1, -0.05) is 0 Å². The summed E-state index contributed by atoms with van der Waals surface area (Å²) in [4.78, 5) is 24.1. The van der Waals surface area contributed by atoms with Gasteiger partial charge in [-0.3, -0.25) is 5.32 Å². The summed E-state index contributed by atoms with van der Waals surface area (Å²) in [6, 6.07) is 11.5. The van der Waals surface area contributed by atoms with Crippen LogP contribution in [0, 0.1) is 19.3 Å². The first-order chi connectivity index (χ1) is 15.1. The van der Waals surface area contributed by atoms with E-state index >= 15 is 0 Å². The second kappa shape index (κ2) is 8.59. The Morgan fingerprint density at radius 2 is 2.06 bits per heavy atom. The maximum absolute atomic E-state index is 13.8. The Kier molecular flexibility index (Phi) is 5.53. The van der Waals surface area contributed by atoms with E-state index < -0.39 is 6.03 Å². The van der Waals surface area contributed by atoms with Crippen molar-refractivity contribution in [3.05, 3.63) is 77.7 Å². The van der Waals surface area contributed by atoms with Gasteiger partial charge in [0.2, 0.25) is 6.54 Å². The molecule has 0 atom stereocenters. The number of anilines is 1. The van der Waals surface area contributed by atoms with Crippen LogP contribution in [0.2, 0.25) is 0 Å². The molecule has 1 aromatic carbocycles. The van der Waals surface area contributed by atoms with Crippen LogP contribution >= 0.6 is 0 Å². The van der Waals surface area contributed by atoms with Crippen LogP contribution in [0.3, 0.4) is 0 Å². The molecular weight excluding hydrogens is 397 g/mol. The van der Waals surface area contributed by atoms with E-state index in [0.717, 1.165) is 11.1 Å². The molecule has 0 aliphatic carbocycles. The molecule has 2 N–H and O–H groups in total. The molecule has 3 aromatic heterocycles. The van der Waals surface area contributed by atoms with Gasteiger partial charge in [-0.2, -0.15) is 5.10 Å². The van der Waals surface area contributed by atoms with Crippen LogP contribution in [0.1, 0.15) is 5.56 Å². The lowest BCUT2D eigenvalue weighted by molar-refractivity contribution is 0.252. The van der Waals surface area contributed by atoms with Crippen molar-refractivity contribution < 1.29 is 9.18 Å². The Labute approximate surface area is 177 Å². The van der Waals surface area contributed by atoms with Crippen molar-refractivity contribution in [1.82, 2.24) is 24.9 Å². The molecule has 0 radical (unpaired) electrons. The van der Waals surface area contributed by atoms with Gasteiger partial charge in [0.15, 0.2) is 5.65 Å². The van der Waals surface area contributed by atoms with Crippen LogP contribution in [0.25, 0.3) is 33.0 Å². The number of halogens is 1. The highest BCUT2D eigenvalue weighted by Gasteiger charge is 2.18. The summed E-state index contributed by atoms with van der Waals surface area (Å²) in [5.74, 6) is 0.0525. The summed E-state index contributed by atoms with van der Waals surface area (Å²) in [7, 11) is 0. The molecule has 0 bridgehead atoms. The van der Waals surface area contributed by atoms with Crippen LogP contribution in [-0.4, -0.2) is 38.7 Å². The number of nitrogens with zero attached hydrogens (tertiary/aromatic N) is 5. The molecule has 0 saturated carbocycles. The van der Waals surface area contributed by atoms with Crippen molar-refractivity contribution in [2.24, 2.45) is 0 Å². The van der Waals surface area contributed by atoms with E-state index in [1.165, 1.54) is 6.07 Å². The third kappa shape index (κ3) is 4.18. The van der Waals surface area contributed by atoms with E-state index in [1.807, 2.05) is 6.07 Å². The number of aromatic nitrogens is 4. The summed E-state index contributed by atoms with van der Waals surface area (Å²) in [5.41, 5.74) is 3.97. The van der Waals surface area contributed by atoms with Gasteiger partial charge in [-0.15, -0.1) is 0 Å². The minimum absolute atomic E-state index is 0.203. The van der Waals surface area contributed by atoms with Crippen molar-refractivity contribution in [2.45, 2.75) is 6.92 Å². The molecule has 0 aliphatic heterocycles. The Morgan fingerprint density at radius 1 is 1.19 bits per heavy atom. The van der Waals surface area contributed by atoms with Gasteiger partial charge in [-0.25, -0.2) is 30.2 Å². The number of carbonyl (C=O) groups excluding carboxylic acids is 1. The molecule has 0 unspecified atom stereocenters. The molecule has 0 fully saturated rings. The van der Waals surface area contributed by atoms with Crippen molar-refractivity contribution in [2.75, 3.05) is 18.4 Å². The average molecular weight is 415 g/mol. The van der Waals surface area contributed by atoms with Crippen molar-refractivity contribution in [3.8, 4) is 22.5 Å². The zero-order valence-corrected chi connectivity index (χ0v) is 16.6. The van der Waals surface area contributed by atoms with E-state index in [-0.39, 0.29) is 18.9 Å². The van der Waals surface area contributed by atoms with Crippen LogP contribution in [0.15, 0.2) is 54.9 Å². The van der Waals surface area contributed by atoms with E-state index in [4.69, 9.17) is 11.6 Å². The predicted molar refractivity (Wildman–Crippen MR) is 115 cm³/mol. The second-order valence-corrected chi connectivity index (χ2v) is 6.76. The Hall–Kier alpha value is -4.32. The van der Waals surface area contributed by atoms with Crippen LogP contribution in [-0.2, 0) is 0 Å². The number of aryl methyl sites for hydroxylation is 1.